The van der Waals surface area contributed by atoms with Crippen LogP contribution in [0.1, 0.15) is 47.2 Å². The summed E-state index contributed by atoms with van der Waals surface area (Å²) in [5.41, 5.74) is 5.93. The number of nitrogens with zero attached hydrogens (tertiary/aromatic N) is 3. The number of nitrogens with one attached hydrogen (secondary N) is 2. The molecular formula is C30H32FN5OS2. The lowest BCUT2D eigenvalue weighted by atomic mass is 10.0. The number of rotatable bonds is 8. The van der Waals surface area contributed by atoms with E-state index < -0.39 is 0 Å². The third-order valence-corrected chi connectivity index (χ3v) is 9.21. The Balaban J connectivity index is 1.35. The monoisotopic (exact) mass is 561 g/mol. The molecule has 2 fully saturated rings. The predicted molar refractivity (Wildman–Crippen MR) is 157 cm³/mol. The quantitative estimate of drug-likeness (QED) is 0.248. The van der Waals surface area contributed by atoms with Crippen LogP contribution in [0.25, 0.3) is 16.9 Å². The number of aryl methyl sites for hydroxylation is 2. The number of carbonyl (C=O) groups excluding carboxylic acids is 1. The van der Waals surface area contributed by atoms with Crippen molar-refractivity contribution < 1.29 is 9.18 Å². The first-order valence-electron chi connectivity index (χ1n) is 13.5. The number of hydrogen-bond donors (Lipinski definition) is 2. The third-order valence-electron chi connectivity index (χ3n) is 7.28. The summed E-state index contributed by atoms with van der Waals surface area (Å²) < 4.78 is 16.0. The maximum absolute atomic E-state index is 14.1. The van der Waals surface area contributed by atoms with Crippen LogP contribution in [-0.2, 0) is 0 Å². The van der Waals surface area contributed by atoms with E-state index in [1.54, 1.807) is 6.07 Å². The Morgan fingerprint density at radius 3 is 2.67 bits per heavy atom. The number of benzene rings is 2. The highest BCUT2D eigenvalue weighted by Crippen LogP contribution is 2.33. The predicted octanol–water partition coefficient (Wildman–Crippen LogP) is 6.75. The summed E-state index contributed by atoms with van der Waals surface area (Å²) in [5.74, 6) is 2.78. The highest BCUT2D eigenvalue weighted by molar-refractivity contribution is 7.99. The second kappa shape index (κ2) is 11.2. The van der Waals surface area contributed by atoms with Gasteiger partial charge in [0.1, 0.15) is 10.8 Å². The Morgan fingerprint density at radius 1 is 1.10 bits per heavy atom. The molecule has 1 aliphatic heterocycles. The Kier molecular flexibility index (Phi) is 7.53. The molecule has 202 valence electrons. The molecule has 6 rings (SSSR count). The number of imidazole rings is 1. The topological polar surface area (TPSA) is 71.3 Å². The van der Waals surface area contributed by atoms with Crippen molar-refractivity contribution >= 4 is 40.8 Å². The van der Waals surface area contributed by atoms with Crippen LogP contribution in [0, 0.1) is 25.6 Å². The molecule has 6 nitrogen and oxygen atoms in total. The first-order chi connectivity index (χ1) is 18.9. The fraction of sp³-hybridized carbons (Fsp3) is 0.367. The van der Waals surface area contributed by atoms with Gasteiger partial charge in [0, 0.05) is 28.6 Å². The summed E-state index contributed by atoms with van der Waals surface area (Å²) >= 11 is 3.46. The maximum atomic E-state index is 14.1. The molecule has 39 heavy (non-hydrogen) atoms. The molecule has 0 atom stereocenters. The zero-order valence-electron chi connectivity index (χ0n) is 22.2. The van der Waals surface area contributed by atoms with E-state index in [-0.39, 0.29) is 11.7 Å². The SMILES string of the molecule is Cc1cc(F)cc(Sc2cc(NCC3CCSCC3)c3ncc(-c4ccc(C(=O)NC5CC5)c(C)c4)n3n2)c1. The van der Waals surface area contributed by atoms with Crippen LogP contribution < -0.4 is 10.6 Å². The Hall–Kier alpha value is -3.04. The number of thioether (sulfide) groups is 1. The molecule has 2 N–H and O–H groups in total. The third kappa shape index (κ3) is 6.09. The zero-order valence-corrected chi connectivity index (χ0v) is 23.8. The largest absolute Gasteiger partial charge is 0.382 e. The van der Waals surface area contributed by atoms with Gasteiger partial charge in [0.25, 0.3) is 5.91 Å². The van der Waals surface area contributed by atoms with Crippen molar-refractivity contribution in [2.24, 2.45) is 5.92 Å². The van der Waals surface area contributed by atoms with Gasteiger partial charge in [-0.3, -0.25) is 4.79 Å². The van der Waals surface area contributed by atoms with Gasteiger partial charge in [-0.25, -0.2) is 13.9 Å². The molecule has 1 aliphatic carbocycles. The van der Waals surface area contributed by atoms with E-state index in [1.807, 2.05) is 66.7 Å². The standard InChI is InChI=1S/C30H32FN5OS2/c1-18-11-22(31)14-24(12-18)39-28-15-26(32-16-20-7-9-38-10-8-20)29-33-17-27(36(29)35-28)21-3-6-25(19(2)13-21)30(37)34-23-4-5-23/h3,6,11-15,17,20,23,32H,4-5,7-10,16H2,1-2H3,(H,34,37). The van der Waals surface area contributed by atoms with Crippen LogP contribution in [0.5, 0.6) is 0 Å². The minimum absolute atomic E-state index is 0.0190. The summed E-state index contributed by atoms with van der Waals surface area (Å²) in [6.45, 7) is 4.74. The van der Waals surface area contributed by atoms with Crippen LogP contribution in [0.2, 0.25) is 0 Å². The van der Waals surface area contributed by atoms with Gasteiger partial charge in [-0.15, -0.1) is 0 Å². The zero-order chi connectivity index (χ0) is 26.9. The fourth-order valence-electron chi connectivity index (χ4n) is 4.98. The van der Waals surface area contributed by atoms with Crippen LogP contribution in [0.4, 0.5) is 10.1 Å². The average molecular weight is 562 g/mol. The van der Waals surface area contributed by atoms with E-state index in [9.17, 15) is 9.18 Å². The van der Waals surface area contributed by atoms with Gasteiger partial charge in [-0.05, 0) is 104 Å². The van der Waals surface area contributed by atoms with Crippen molar-refractivity contribution in [3.63, 3.8) is 0 Å². The Morgan fingerprint density at radius 2 is 1.92 bits per heavy atom. The van der Waals surface area contributed by atoms with Gasteiger partial charge in [-0.2, -0.15) is 16.9 Å². The summed E-state index contributed by atoms with van der Waals surface area (Å²) in [6.07, 6.45) is 6.37. The molecule has 1 saturated carbocycles. The maximum Gasteiger partial charge on any atom is 0.251 e. The van der Waals surface area contributed by atoms with Gasteiger partial charge in [0.15, 0.2) is 5.65 Å². The van der Waals surface area contributed by atoms with Gasteiger partial charge in [-0.1, -0.05) is 17.8 Å². The molecule has 0 unspecified atom stereocenters. The summed E-state index contributed by atoms with van der Waals surface area (Å²) in [7, 11) is 0. The van der Waals surface area contributed by atoms with Gasteiger partial charge < -0.3 is 10.6 Å². The van der Waals surface area contributed by atoms with E-state index in [0.717, 1.165) is 63.0 Å². The molecule has 1 amide bonds. The minimum Gasteiger partial charge on any atom is -0.382 e. The van der Waals surface area contributed by atoms with Gasteiger partial charge >= 0.3 is 0 Å². The van der Waals surface area contributed by atoms with Crippen LogP contribution >= 0.6 is 23.5 Å². The second-order valence-corrected chi connectivity index (χ2v) is 12.9. The van der Waals surface area contributed by atoms with Crippen LogP contribution in [-0.4, -0.2) is 44.6 Å². The molecule has 3 heterocycles. The number of anilines is 1. The number of hydrogen-bond acceptors (Lipinski definition) is 6. The minimum atomic E-state index is -0.253. The first kappa shape index (κ1) is 26.2. The number of carbonyl (C=O) groups is 1. The fourth-order valence-corrected chi connectivity index (χ4v) is 7.14. The summed E-state index contributed by atoms with van der Waals surface area (Å²) in [5, 5.41) is 12.4. The first-order valence-corrected chi connectivity index (χ1v) is 15.5. The van der Waals surface area contributed by atoms with Crippen LogP contribution in [0.3, 0.4) is 0 Å². The number of amides is 1. The van der Waals surface area contributed by atoms with E-state index >= 15 is 0 Å². The molecule has 0 bridgehead atoms. The van der Waals surface area contributed by atoms with Gasteiger partial charge in [0.05, 0.1) is 17.6 Å². The van der Waals surface area contributed by atoms with Crippen molar-refractivity contribution in [1.29, 1.82) is 0 Å². The molecule has 0 spiro atoms. The van der Waals surface area contributed by atoms with E-state index in [0.29, 0.717) is 17.5 Å². The van der Waals surface area contributed by atoms with E-state index in [1.165, 1.54) is 42.2 Å². The number of aromatic nitrogens is 3. The Labute approximate surface area is 236 Å². The second-order valence-electron chi connectivity index (χ2n) is 10.6. The molecular weight excluding hydrogens is 529 g/mol. The highest BCUT2D eigenvalue weighted by atomic mass is 32.2. The van der Waals surface area contributed by atoms with Crippen molar-refractivity contribution in [2.75, 3.05) is 23.4 Å². The lowest BCUT2D eigenvalue weighted by Crippen LogP contribution is -2.26. The van der Waals surface area contributed by atoms with Crippen molar-refractivity contribution in [1.82, 2.24) is 19.9 Å². The molecule has 9 heteroatoms. The molecule has 2 aromatic heterocycles. The lowest BCUT2D eigenvalue weighted by Gasteiger charge is -2.22. The van der Waals surface area contributed by atoms with Crippen molar-refractivity contribution in [3.05, 3.63) is 71.2 Å². The normalized spacial score (nSPS) is 16.0. The van der Waals surface area contributed by atoms with E-state index in [4.69, 9.17) is 10.1 Å². The number of fused-ring (bicyclic) bond motifs is 1. The average Bonchev–Trinajstić information content (AvgIpc) is 3.62. The van der Waals surface area contributed by atoms with Crippen LogP contribution in [0.15, 0.2) is 58.6 Å². The lowest BCUT2D eigenvalue weighted by molar-refractivity contribution is 0.0950. The van der Waals surface area contributed by atoms with Crippen molar-refractivity contribution in [3.8, 4) is 11.3 Å². The molecule has 0 radical (unpaired) electrons. The smallest absolute Gasteiger partial charge is 0.251 e. The molecule has 2 aliphatic rings. The van der Waals surface area contributed by atoms with Gasteiger partial charge in [0.2, 0.25) is 0 Å². The molecule has 4 aromatic rings. The highest BCUT2D eigenvalue weighted by Gasteiger charge is 2.25. The Bertz CT molecular complexity index is 1510. The van der Waals surface area contributed by atoms with Crippen molar-refractivity contribution in [2.45, 2.75) is 55.5 Å². The van der Waals surface area contributed by atoms with E-state index in [2.05, 4.69) is 10.6 Å². The molecule has 2 aromatic carbocycles. The summed E-state index contributed by atoms with van der Waals surface area (Å²) in [6, 6.07) is 13.2. The number of halogens is 1. The summed E-state index contributed by atoms with van der Waals surface area (Å²) in [4.78, 5) is 18.2. The molecule has 1 saturated heterocycles.